The molecule has 0 aromatic heterocycles. The number of aromatic carboxylic acids is 1. The quantitative estimate of drug-likeness (QED) is 0.801. The predicted molar refractivity (Wildman–Crippen MR) is 60.8 cm³/mol. The zero-order valence-electron chi connectivity index (χ0n) is 9.44. The Morgan fingerprint density at radius 1 is 1.31 bits per heavy atom. The maximum Gasteiger partial charge on any atom is 0.336 e. The molecule has 1 rings (SSSR count). The van der Waals surface area contributed by atoms with Crippen molar-refractivity contribution < 1.29 is 14.7 Å². The molecule has 86 valence electrons. The molecule has 0 bridgehead atoms. The lowest BCUT2D eigenvalue weighted by molar-refractivity contribution is 0.0696. The van der Waals surface area contributed by atoms with Crippen LogP contribution in [0.4, 0.5) is 10.5 Å². The summed E-state index contributed by atoms with van der Waals surface area (Å²) in [6.45, 7) is 1.66. The van der Waals surface area contributed by atoms with Gasteiger partial charge in [0.15, 0.2) is 0 Å². The Morgan fingerprint density at radius 2 is 1.94 bits per heavy atom. The summed E-state index contributed by atoms with van der Waals surface area (Å²) in [6, 6.07) is 4.49. The van der Waals surface area contributed by atoms with Crippen LogP contribution in [0.1, 0.15) is 15.9 Å². The van der Waals surface area contributed by atoms with E-state index in [-0.39, 0.29) is 11.6 Å². The Kier molecular flexibility index (Phi) is 3.50. The van der Waals surface area contributed by atoms with Crippen LogP contribution in [-0.4, -0.2) is 36.1 Å². The van der Waals surface area contributed by atoms with Crippen molar-refractivity contribution in [1.29, 1.82) is 0 Å². The van der Waals surface area contributed by atoms with Crippen LogP contribution in [0.25, 0.3) is 0 Å². The molecule has 0 saturated heterocycles. The molecule has 0 atom stereocenters. The number of carboxylic acid groups (broad SMARTS) is 1. The first kappa shape index (κ1) is 12.0. The van der Waals surface area contributed by atoms with Gasteiger partial charge in [0.05, 0.1) is 5.56 Å². The van der Waals surface area contributed by atoms with E-state index >= 15 is 0 Å². The minimum absolute atomic E-state index is 0.191. The lowest BCUT2D eigenvalue weighted by Crippen LogP contribution is -2.27. The molecule has 0 fully saturated rings. The number of hydrogen-bond donors (Lipinski definition) is 2. The van der Waals surface area contributed by atoms with Gasteiger partial charge in [-0.15, -0.1) is 0 Å². The van der Waals surface area contributed by atoms with Crippen molar-refractivity contribution in [3.05, 3.63) is 29.3 Å². The van der Waals surface area contributed by atoms with E-state index in [0.717, 1.165) is 0 Å². The van der Waals surface area contributed by atoms with Gasteiger partial charge in [0.1, 0.15) is 0 Å². The maximum absolute atomic E-state index is 11.4. The van der Waals surface area contributed by atoms with E-state index in [1.807, 2.05) is 0 Å². The Morgan fingerprint density at radius 3 is 2.44 bits per heavy atom. The highest BCUT2D eigenvalue weighted by Crippen LogP contribution is 2.19. The highest BCUT2D eigenvalue weighted by molar-refractivity contribution is 5.95. The first-order valence-electron chi connectivity index (χ1n) is 4.74. The predicted octanol–water partition coefficient (Wildman–Crippen LogP) is 1.79. The van der Waals surface area contributed by atoms with Gasteiger partial charge in [-0.25, -0.2) is 9.59 Å². The average molecular weight is 222 g/mol. The first-order valence-corrected chi connectivity index (χ1v) is 4.74. The molecule has 1 aromatic carbocycles. The smallest absolute Gasteiger partial charge is 0.336 e. The van der Waals surface area contributed by atoms with Crippen molar-refractivity contribution in [3.63, 3.8) is 0 Å². The fraction of sp³-hybridized carbons (Fsp3) is 0.273. The number of benzene rings is 1. The minimum Gasteiger partial charge on any atom is -0.478 e. The fourth-order valence-corrected chi connectivity index (χ4v) is 1.23. The number of nitrogens with zero attached hydrogens (tertiary/aromatic N) is 1. The SMILES string of the molecule is Cc1c(NC(=O)N(C)C)cccc1C(=O)O. The van der Waals surface area contributed by atoms with Crippen LogP contribution in [-0.2, 0) is 0 Å². The van der Waals surface area contributed by atoms with Crippen molar-refractivity contribution in [2.75, 3.05) is 19.4 Å². The van der Waals surface area contributed by atoms with Crippen molar-refractivity contribution >= 4 is 17.7 Å². The highest BCUT2D eigenvalue weighted by Gasteiger charge is 2.12. The summed E-state index contributed by atoms with van der Waals surface area (Å²) in [6.07, 6.45) is 0. The molecule has 0 aliphatic heterocycles. The molecule has 0 aliphatic rings. The van der Waals surface area contributed by atoms with Gasteiger partial charge < -0.3 is 15.3 Å². The first-order chi connectivity index (χ1) is 7.43. The van der Waals surface area contributed by atoms with E-state index in [1.54, 1.807) is 33.2 Å². The van der Waals surface area contributed by atoms with Gasteiger partial charge in [0.25, 0.3) is 0 Å². The number of hydrogen-bond acceptors (Lipinski definition) is 2. The number of anilines is 1. The van der Waals surface area contributed by atoms with E-state index in [4.69, 9.17) is 5.11 Å². The number of rotatable bonds is 2. The van der Waals surface area contributed by atoms with Crippen LogP contribution in [0.3, 0.4) is 0 Å². The van der Waals surface area contributed by atoms with Crippen LogP contribution < -0.4 is 5.32 Å². The molecule has 0 unspecified atom stereocenters. The molecule has 2 N–H and O–H groups in total. The molecule has 0 heterocycles. The Labute approximate surface area is 93.7 Å². The number of amides is 2. The standard InChI is InChI=1S/C11H14N2O3/c1-7-8(10(14)15)5-4-6-9(7)12-11(16)13(2)3/h4-6H,1-3H3,(H,12,16)(H,14,15). The summed E-state index contributed by atoms with van der Waals surface area (Å²) in [5.74, 6) is -1.00. The van der Waals surface area contributed by atoms with Crippen molar-refractivity contribution in [2.45, 2.75) is 6.92 Å². The number of urea groups is 1. The zero-order chi connectivity index (χ0) is 12.3. The van der Waals surface area contributed by atoms with E-state index in [0.29, 0.717) is 11.3 Å². The molecule has 16 heavy (non-hydrogen) atoms. The molecule has 0 aliphatic carbocycles. The number of carboxylic acids is 1. The third-order valence-corrected chi connectivity index (χ3v) is 2.21. The second-order valence-corrected chi connectivity index (χ2v) is 3.61. The summed E-state index contributed by atoms with van der Waals surface area (Å²) in [7, 11) is 3.23. The van der Waals surface area contributed by atoms with Crippen molar-refractivity contribution in [1.82, 2.24) is 4.90 Å². The van der Waals surface area contributed by atoms with Crippen LogP contribution >= 0.6 is 0 Å². The Bertz CT molecular complexity index is 427. The average Bonchev–Trinajstić information content (AvgIpc) is 2.20. The van der Waals surface area contributed by atoms with E-state index < -0.39 is 5.97 Å². The third-order valence-electron chi connectivity index (χ3n) is 2.21. The van der Waals surface area contributed by atoms with Gasteiger partial charge in [-0.05, 0) is 24.6 Å². The molecule has 0 saturated carbocycles. The lowest BCUT2D eigenvalue weighted by Gasteiger charge is -2.14. The van der Waals surface area contributed by atoms with Crippen LogP contribution in [0.2, 0.25) is 0 Å². The lowest BCUT2D eigenvalue weighted by atomic mass is 10.1. The molecule has 5 heteroatoms. The Hall–Kier alpha value is -2.04. The molecule has 5 nitrogen and oxygen atoms in total. The second-order valence-electron chi connectivity index (χ2n) is 3.61. The largest absolute Gasteiger partial charge is 0.478 e. The zero-order valence-corrected chi connectivity index (χ0v) is 9.44. The third kappa shape index (κ3) is 2.50. The van der Waals surface area contributed by atoms with Gasteiger partial charge in [0.2, 0.25) is 0 Å². The second kappa shape index (κ2) is 4.65. The van der Waals surface area contributed by atoms with E-state index in [1.165, 1.54) is 11.0 Å². The van der Waals surface area contributed by atoms with Crippen molar-refractivity contribution in [2.24, 2.45) is 0 Å². The van der Waals surface area contributed by atoms with Crippen LogP contribution in [0, 0.1) is 6.92 Å². The topological polar surface area (TPSA) is 69.6 Å². The van der Waals surface area contributed by atoms with Crippen LogP contribution in [0.15, 0.2) is 18.2 Å². The van der Waals surface area contributed by atoms with E-state index in [9.17, 15) is 9.59 Å². The number of carbonyl (C=O) groups excluding carboxylic acids is 1. The maximum atomic E-state index is 11.4. The molecule has 0 spiro atoms. The van der Waals surface area contributed by atoms with Gasteiger partial charge >= 0.3 is 12.0 Å². The number of nitrogens with one attached hydrogen (secondary N) is 1. The van der Waals surface area contributed by atoms with Gasteiger partial charge in [0, 0.05) is 19.8 Å². The van der Waals surface area contributed by atoms with Gasteiger partial charge in [-0.2, -0.15) is 0 Å². The summed E-state index contributed by atoms with van der Waals surface area (Å²) in [5.41, 5.74) is 1.25. The summed E-state index contributed by atoms with van der Waals surface area (Å²) >= 11 is 0. The van der Waals surface area contributed by atoms with Gasteiger partial charge in [-0.1, -0.05) is 6.07 Å². The highest BCUT2D eigenvalue weighted by atomic mass is 16.4. The molecular weight excluding hydrogens is 208 g/mol. The van der Waals surface area contributed by atoms with Gasteiger partial charge in [-0.3, -0.25) is 0 Å². The molecule has 2 amide bonds. The molecular formula is C11H14N2O3. The monoisotopic (exact) mass is 222 g/mol. The van der Waals surface area contributed by atoms with Crippen molar-refractivity contribution in [3.8, 4) is 0 Å². The fourth-order valence-electron chi connectivity index (χ4n) is 1.23. The minimum atomic E-state index is -1.00. The molecule has 0 radical (unpaired) electrons. The normalized spacial score (nSPS) is 9.69. The number of carbonyl (C=O) groups is 2. The summed E-state index contributed by atoms with van der Waals surface area (Å²) in [5, 5.41) is 11.5. The Balaban J connectivity index is 3.02. The van der Waals surface area contributed by atoms with Crippen LogP contribution in [0.5, 0.6) is 0 Å². The summed E-state index contributed by atoms with van der Waals surface area (Å²) < 4.78 is 0. The molecule has 1 aromatic rings. The van der Waals surface area contributed by atoms with E-state index in [2.05, 4.69) is 5.32 Å². The summed E-state index contributed by atoms with van der Waals surface area (Å²) in [4.78, 5) is 23.7.